The first kappa shape index (κ1) is 15.5. The molecule has 0 radical (unpaired) electrons. The average molecular weight is 330 g/mol. The number of carbonyl (C=O) groups excluding carboxylic acids is 1. The highest BCUT2D eigenvalue weighted by Crippen LogP contribution is 2.18. The zero-order chi connectivity index (χ0) is 16.4. The number of rotatable bonds is 5. The Morgan fingerprint density at radius 1 is 1.43 bits per heavy atom. The molecule has 120 valence electrons. The van der Waals surface area contributed by atoms with E-state index in [0.717, 1.165) is 11.2 Å². The first-order valence-corrected chi connectivity index (χ1v) is 7.89. The molecule has 0 unspecified atom stereocenters. The van der Waals surface area contributed by atoms with Crippen LogP contribution in [0.3, 0.4) is 0 Å². The lowest BCUT2D eigenvalue weighted by atomic mass is 10.2. The minimum absolute atomic E-state index is 0.234. The molecule has 0 saturated carbocycles. The Balaban J connectivity index is 1.66. The van der Waals surface area contributed by atoms with Gasteiger partial charge in [-0.1, -0.05) is 32.0 Å². The highest BCUT2D eigenvalue weighted by atomic mass is 32.1. The summed E-state index contributed by atoms with van der Waals surface area (Å²) in [4.78, 5) is 12.2. The van der Waals surface area contributed by atoms with Gasteiger partial charge in [-0.05, 0) is 24.4 Å². The summed E-state index contributed by atoms with van der Waals surface area (Å²) in [5.41, 5.74) is 0.705. The molecule has 7 heteroatoms. The molecule has 23 heavy (non-hydrogen) atoms. The minimum Gasteiger partial charge on any atom is -0.451 e. The van der Waals surface area contributed by atoms with Crippen LogP contribution in [0.25, 0.3) is 11.0 Å². The van der Waals surface area contributed by atoms with Gasteiger partial charge >= 0.3 is 0 Å². The topological polar surface area (TPSA) is 75.8 Å². The number of nitrogens with one attached hydrogen (secondary N) is 2. The van der Waals surface area contributed by atoms with E-state index in [9.17, 15) is 4.79 Å². The fourth-order valence-electron chi connectivity index (χ4n) is 2.45. The lowest BCUT2D eigenvalue weighted by Gasteiger charge is -2.09. The van der Waals surface area contributed by atoms with Crippen LogP contribution in [0, 0.1) is 4.77 Å². The van der Waals surface area contributed by atoms with Gasteiger partial charge in [0.25, 0.3) is 5.91 Å². The van der Waals surface area contributed by atoms with Crippen molar-refractivity contribution in [2.75, 3.05) is 6.54 Å². The number of amides is 1. The van der Waals surface area contributed by atoms with Crippen LogP contribution in [0.1, 0.15) is 36.1 Å². The van der Waals surface area contributed by atoms with Crippen LogP contribution in [-0.2, 0) is 6.54 Å². The molecular formula is C16H18N4O2S. The number of para-hydroxylation sites is 1. The summed E-state index contributed by atoms with van der Waals surface area (Å²) in [7, 11) is 0. The first-order valence-electron chi connectivity index (χ1n) is 7.48. The van der Waals surface area contributed by atoms with E-state index in [1.54, 1.807) is 6.07 Å². The normalized spacial score (nSPS) is 11.3. The van der Waals surface area contributed by atoms with E-state index < -0.39 is 0 Å². The van der Waals surface area contributed by atoms with Crippen molar-refractivity contribution in [3.8, 4) is 0 Å². The molecule has 2 heterocycles. The number of aromatic amines is 1. The van der Waals surface area contributed by atoms with E-state index in [-0.39, 0.29) is 11.8 Å². The maximum absolute atomic E-state index is 12.2. The summed E-state index contributed by atoms with van der Waals surface area (Å²) in [6.45, 7) is 5.11. The number of furan rings is 1. The zero-order valence-corrected chi connectivity index (χ0v) is 13.8. The summed E-state index contributed by atoms with van der Waals surface area (Å²) in [5, 5.41) is 10.8. The summed E-state index contributed by atoms with van der Waals surface area (Å²) in [6.07, 6.45) is 0. The molecule has 0 fully saturated rings. The van der Waals surface area contributed by atoms with E-state index >= 15 is 0 Å². The van der Waals surface area contributed by atoms with Gasteiger partial charge in [0.05, 0.1) is 0 Å². The third-order valence-electron chi connectivity index (χ3n) is 3.57. The number of hydrogen-bond acceptors (Lipinski definition) is 4. The van der Waals surface area contributed by atoms with Gasteiger partial charge in [0.1, 0.15) is 11.4 Å². The lowest BCUT2D eigenvalue weighted by Crippen LogP contribution is -2.27. The smallest absolute Gasteiger partial charge is 0.287 e. The predicted octanol–water partition coefficient (Wildman–Crippen LogP) is 3.24. The van der Waals surface area contributed by atoms with E-state index in [0.29, 0.717) is 29.2 Å². The van der Waals surface area contributed by atoms with Crippen LogP contribution in [0.4, 0.5) is 0 Å². The molecule has 1 amide bonds. The SMILES string of the molecule is CC(C)c1n[nH]c(=S)n1CCNC(=O)c1cc2ccccc2o1. The minimum atomic E-state index is -0.234. The van der Waals surface area contributed by atoms with Crippen molar-refractivity contribution >= 4 is 29.1 Å². The fraction of sp³-hybridized carbons (Fsp3) is 0.312. The number of benzene rings is 1. The quantitative estimate of drug-likeness (QED) is 0.704. The van der Waals surface area contributed by atoms with Crippen LogP contribution in [0.15, 0.2) is 34.7 Å². The van der Waals surface area contributed by atoms with Crippen LogP contribution in [0.5, 0.6) is 0 Å². The second-order valence-electron chi connectivity index (χ2n) is 5.60. The number of hydrogen-bond donors (Lipinski definition) is 2. The van der Waals surface area contributed by atoms with Gasteiger partial charge in [-0.2, -0.15) is 5.10 Å². The van der Waals surface area contributed by atoms with E-state index in [4.69, 9.17) is 16.6 Å². The van der Waals surface area contributed by atoms with Gasteiger partial charge in [0, 0.05) is 24.4 Å². The Bertz CT molecular complexity index is 858. The molecule has 3 aromatic rings. The number of nitrogens with zero attached hydrogens (tertiary/aromatic N) is 2. The van der Waals surface area contributed by atoms with Crippen molar-refractivity contribution < 1.29 is 9.21 Å². The summed E-state index contributed by atoms with van der Waals surface area (Å²) in [6, 6.07) is 9.28. The Labute approximate surface area is 138 Å². The highest BCUT2D eigenvalue weighted by molar-refractivity contribution is 7.71. The second kappa shape index (κ2) is 6.37. The van der Waals surface area contributed by atoms with Gasteiger partial charge < -0.3 is 14.3 Å². The number of aromatic nitrogens is 3. The molecule has 2 aromatic heterocycles. The monoisotopic (exact) mass is 330 g/mol. The summed E-state index contributed by atoms with van der Waals surface area (Å²) < 4.78 is 8.01. The number of fused-ring (bicyclic) bond motifs is 1. The van der Waals surface area contributed by atoms with E-state index in [1.165, 1.54) is 0 Å². The molecule has 0 atom stereocenters. The van der Waals surface area contributed by atoms with Crippen LogP contribution >= 0.6 is 12.2 Å². The highest BCUT2D eigenvalue weighted by Gasteiger charge is 2.13. The fourth-order valence-corrected chi connectivity index (χ4v) is 2.68. The second-order valence-corrected chi connectivity index (χ2v) is 5.98. The van der Waals surface area contributed by atoms with Crippen molar-refractivity contribution in [1.29, 1.82) is 0 Å². The third-order valence-corrected chi connectivity index (χ3v) is 3.89. The molecule has 0 aliphatic heterocycles. The van der Waals surface area contributed by atoms with Crippen molar-refractivity contribution in [1.82, 2.24) is 20.1 Å². The number of carbonyl (C=O) groups is 1. The molecule has 0 aliphatic rings. The van der Waals surface area contributed by atoms with Crippen molar-refractivity contribution in [2.45, 2.75) is 26.3 Å². The van der Waals surface area contributed by atoms with E-state index in [1.807, 2.05) is 28.8 Å². The van der Waals surface area contributed by atoms with Crippen molar-refractivity contribution in [2.24, 2.45) is 0 Å². The Morgan fingerprint density at radius 3 is 2.96 bits per heavy atom. The first-order chi connectivity index (χ1) is 11.1. The molecule has 0 aliphatic carbocycles. The predicted molar refractivity (Wildman–Crippen MR) is 90.0 cm³/mol. The van der Waals surface area contributed by atoms with Crippen LogP contribution in [0.2, 0.25) is 0 Å². The molecule has 0 spiro atoms. The Morgan fingerprint density at radius 2 is 2.22 bits per heavy atom. The van der Waals surface area contributed by atoms with Gasteiger partial charge in [-0.25, -0.2) is 0 Å². The summed E-state index contributed by atoms with van der Waals surface area (Å²) in [5.74, 6) is 1.22. The van der Waals surface area contributed by atoms with Crippen molar-refractivity contribution in [3.05, 3.63) is 46.7 Å². The third kappa shape index (κ3) is 3.19. The molecular weight excluding hydrogens is 312 g/mol. The van der Waals surface area contributed by atoms with Crippen LogP contribution < -0.4 is 5.32 Å². The van der Waals surface area contributed by atoms with Gasteiger partial charge in [-0.3, -0.25) is 9.89 Å². The average Bonchev–Trinajstić information content (AvgIpc) is 3.11. The standard InChI is InChI=1S/C16H18N4O2S/c1-10(2)14-18-19-16(23)20(14)8-7-17-15(21)13-9-11-5-3-4-6-12(11)22-13/h3-6,9-10H,7-8H2,1-2H3,(H,17,21)(H,19,23). The molecule has 0 bridgehead atoms. The Kier molecular flexibility index (Phi) is 4.29. The zero-order valence-electron chi connectivity index (χ0n) is 13.0. The Hall–Kier alpha value is -2.41. The van der Waals surface area contributed by atoms with Gasteiger partial charge in [0.15, 0.2) is 10.5 Å². The van der Waals surface area contributed by atoms with E-state index in [2.05, 4.69) is 29.4 Å². The molecule has 3 rings (SSSR count). The molecule has 6 nitrogen and oxygen atoms in total. The van der Waals surface area contributed by atoms with Crippen LogP contribution in [-0.4, -0.2) is 27.2 Å². The van der Waals surface area contributed by atoms with Crippen molar-refractivity contribution in [3.63, 3.8) is 0 Å². The molecule has 2 N–H and O–H groups in total. The molecule has 0 saturated heterocycles. The van der Waals surface area contributed by atoms with Gasteiger partial charge in [-0.15, -0.1) is 0 Å². The lowest BCUT2D eigenvalue weighted by molar-refractivity contribution is 0.0926. The maximum Gasteiger partial charge on any atom is 0.287 e. The number of H-pyrrole nitrogens is 1. The largest absolute Gasteiger partial charge is 0.451 e. The summed E-state index contributed by atoms with van der Waals surface area (Å²) >= 11 is 5.22. The maximum atomic E-state index is 12.2. The van der Waals surface area contributed by atoms with Gasteiger partial charge in [0.2, 0.25) is 0 Å². The molecule has 1 aromatic carbocycles.